The third kappa shape index (κ3) is 1.31. The van der Waals surface area contributed by atoms with Crippen molar-refractivity contribution in [1.82, 2.24) is 0 Å². The summed E-state index contributed by atoms with van der Waals surface area (Å²) >= 11 is 0. The predicted octanol–water partition coefficient (Wildman–Crippen LogP) is 2.01. The van der Waals surface area contributed by atoms with Crippen LogP contribution in [0.3, 0.4) is 0 Å². The van der Waals surface area contributed by atoms with Gasteiger partial charge in [-0.3, -0.25) is 4.79 Å². The van der Waals surface area contributed by atoms with E-state index >= 15 is 0 Å². The zero-order chi connectivity index (χ0) is 10.1. The van der Waals surface area contributed by atoms with E-state index in [1.165, 1.54) is 19.3 Å². The van der Waals surface area contributed by atoms with E-state index < -0.39 is 5.78 Å². The lowest BCUT2D eigenvalue weighted by Crippen LogP contribution is -1.98. The van der Waals surface area contributed by atoms with Gasteiger partial charge < -0.3 is 14.3 Å². The number of carbonyl (C=O) groups is 1. The fourth-order valence-electron chi connectivity index (χ4n) is 1.13. The van der Waals surface area contributed by atoms with E-state index in [2.05, 4.69) is 0 Å². The van der Waals surface area contributed by atoms with Gasteiger partial charge in [0.15, 0.2) is 5.76 Å². The molecule has 2 rings (SSSR count). The normalized spacial score (nSPS) is 19.2. The van der Waals surface area contributed by atoms with Gasteiger partial charge >= 0.3 is 0 Å². The van der Waals surface area contributed by atoms with Crippen molar-refractivity contribution < 1.29 is 19.1 Å². The van der Waals surface area contributed by atoms with Crippen LogP contribution in [-0.2, 0) is 9.53 Å². The Balaban J connectivity index is 2.29. The van der Waals surface area contributed by atoms with E-state index in [1.807, 2.05) is 0 Å². The van der Waals surface area contributed by atoms with Crippen LogP contribution in [0.1, 0.15) is 12.7 Å². The van der Waals surface area contributed by atoms with Crippen molar-refractivity contribution in [3.63, 3.8) is 0 Å². The SMILES string of the molecule is CC1=C(O)C(=O)/C(=C\c2ccco2)O1. The lowest BCUT2D eigenvalue weighted by molar-refractivity contribution is -0.115. The molecule has 1 aliphatic heterocycles. The number of aliphatic hydroxyl groups is 1. The summed E-state index contributed by atoms with van der Waals surface area (Å²) in [5, 5.41) is 9.20. The molecular formula is C10H8O4. The van der Waals surface area contributed by atoms with Gasteiger partial charge in [-0.25, -0.2) is 0 Å². The summed E-state index contributed by atoms with van der Waals surface area (Å²) in [6.07, 6.45) is 2.93. The van der Waals surface area contributed by atoms with Gasteiger partial charge in [-0.15, -0.1) is 0 Å². The molecule has 2 heterocycles. The fraction of sp³-hybridized carbons (Fsp3) is 0.100. The zero-order valence-electron chi connectivity index (χ0n) is 7.48. The maximum Gasteiger partial charge on any atom is 0.266 e. The van der Waals surface area contributed by atoms with Crippen LogP contribution in [0.5, 0.6) is 0 Å². The molecule has 0 atom stereocenters. The van der Waals surface area contributed by atoms with E-state index in [0.717, 1.165) is 0 Å². The minimum absolute atomic E-state index is 0.0787. The minimum Gasteiger partial charge on any atom is -0.502 e. The lowest BCUT2D eigenvalue weighted by Gasteiger charge is -1.95. The number of aliphatic hydroxyl groups excluding tert-OH is 1. The highest BCUT2D eigenvalue weighted by molar-refractivity contribution is 6.09. The van der Waals surface area contributed by atoms with Gasteiger partial charge in [0.05, 0.1) is 6.26 Å². The molecule has 0 saturated carbocycles. The first kappa shape index (κ1) is 8.62. The van der Waals surface area contributed by atoms with Crippen molar-refractivity contribution in [2.45, 2.75) is 6.92 Å². The molecule has 1 aromatic heterocycles. The largest absolute Gasteiger partial charge is 0.502 e. The van der Waals surface area contributed by atoms with Crippen LogP contribution in [-0.4, -0.2) is 10.9 Å². The number of hydrogen-bond donors (Lipinski definition) is 1. The summed E-state index contributed by atoms with van der Waals surface area (Å²) in [6.45, 7) is 1.52. The highest BCUT2D eigenvalue weighted by Crippen LogP contribution is 2.24. The van der Waals surface area contributed by atoms with Crippen LogP contribution < -0.4 is 0 Å². The Hall–Kier alpha value is -1.97. The molecule has 0 bridgehead atoms. The molecule has 14 heavy (non-hydrogen) atoms. The number of hydrogen-bond acceptors (Lipinski definition) is 4. The smallest absolute Gasteiger partial charge is 0.266 e. The monoisotopic (exact) mass is 192 g/mol. The molecule has 0 unspecified atom stereocenters. The first-order valence-electron chi connectivity index (χ1n) is 4.06. The van der Waals surface area contributed by atoms with Crippen LogP contribution in [0, 0.1) is 0 Å². The molecule has 1 N–H and O–H groups in total. The van der Waals surface area contributed by atoms with Gasteiger partial charge in [-0.2, -0.15) is 0 Å². The average Bonchev–Trinajstić information content (AvgIpc) is 2.73. The van der Waals surface area contributed by atoms with E-state index in [0.29, 0.717) is 5.76 Å². The second-order valence-corrected chi connectivity index (χ2v) is 2.86. The molecule has 0 amide bonds. The third-order valence-corrected chi connectivity index (χ3v) is 1.85. The molecule has 0 spiro atoms. The molecule has 4 heteroatoms. The molecule has 0 aliphatic carbocycles. The molecule has 1 aliphatic rings. The molecule has 0 fully saturated rings. The summed E-state index contributed by atoms with van der Waals surface area (Å²) in [5.41, 5.74) is 0. The van der Waals surface area contributed by atoms with Gasteiger partial charge in [0.1, 0.15) is 11.5 Å². The first-order chi connectivity index (χ1) is 6.68. The summed E-state index contributed by atoms with van der Waals surface area (Å²) in [6, 6.07) is 3.39. The van der Waals surface area contributed by atoms with Crippen molar-refractivity contribution in [2.75, 3.05) is 0 Å². The Labute approximate surface area is 80.1 Å². The van der Waals surface area contributed by atoms with Gasteiger partial charge in [-0.05, 0) is 19.1 Å². The summed E-state index contributed by atoms with van der Waals surface area (Å²) < 4.78 is 10.0. The zero-order valence-corrected chi connectivity index (χ0v) is 7.48. The maximum absolute atomic E-state index is 11.3. The quantitative estimate of drug-likeness (QED) is 0.691. The minimum atomic E-state index is -0.515. The summed E-state index contributed by atoms with van der Waals surface area (Å²) in [7, 11) is 0. The number of ketones is 1. The Morgan fingerprint density at radius 3 is 2.79 bits per heavy atom. The molecule has 72 valence electrons. The highest BCUT2D eigenvalue weighted by atomic mass is 16.5. The summed E-state index contributed by atoms with van der Waals surface area (Å²) in [5.74, 6) is -0.0553. The second-order valence-electron chi connectivity index (χ2n) is 2.86. The molecule has 0 saturated heterocycles. The Morgan fingerprint density at radius 1 is 1.50 bits per heavy atom. The van der Waals surface area contributed by atoms with Crippen LogP contribution in [0.4, 0.5) is 0 Å². The van der Waals surface area contributed by atoms with Gasteiger partial charge in [0, 0.05) is 6.08 Å². The molecule has 0 aromatic carbocycles. The first-order valence-corrected chi connectivity index (χ1v) is 4.06. The standard InChI is InChI=1S/C10H8O4/c1-6-9(11)10(12)8(14-6)5-7-3-2-4-13-7/h2-5,11H,1H3/b8-5+. The predicted molar refractivity (Wildman–Crippen MR) is 48.1 cm³/mol. The molecule has 1 aromatic rings. The van der Waals surface area contributed by atoms with E-state index in [-0.39, 0.29) is 17.3 Å². The van der Waals surface area contributed by atoms with Gasteiger partial charge in [-0.1, -0.05) is 0 Å². The van der Waals surface area contributed by atoms with Gasteiger partial charge in [0.25, 0.3) is 5.78 Å². The number of Topliss-reactive ketones (excluding diaryl/α,β-unsaturated/α-hetero) is 1. The summed E-state index contributed by atoms with van der Waals surface area (Å²) in [4.78, 5) is 11.3. The van der Waals surface area contributed by atoms with Crippen molar-refractivity contribution in [3.8, 4) is 0 Å². The van der Waals surface area contributed by atoms with Crippen molar-refractivity contribution >= 4 is 11.9 Å². The number of rotatable bonds is 1. The van der Waals surface area contributed by atoms with Crippen LogP contribution in [0.25, 0.3) is 6.08 Å². The van der Waals surface area contributed by atoms with Crippen molar-refractivity contribution in [3.05, 3.63) is 41.4 Å². The maximum atomic E-state index is 11.3. The van der Waals surface area contributed by atoms with E-state index in [9.17, 15) is 9.90 Å². The van der Waals surface area contributed by atoms with Crippen molar-refractivity contribution in [2.24, 2.45) is 0 Å². The van der Waals surface area contributed by atoms with E-state index in [1.54, 1.807) is 12.1 Å². The molecular weight excluding hydrogens is 184 g/mol. The Morgan fingerprint density at radius 2 is 2.29 bits per heavy atom. The Bertz CT molecular complexity index is 423. The number of furan rings is 1. The lowest BCUT2D eigenvalue weighted by atomic mass is 10.2. The van der Waals surface area contributed by atoms with Crippen molar-refractivity contribution in [1.29, 1.82) is 0 Å². The topological polar surface area (TPSA) is 59.7 Å². The highest BCUT2D eigenvalue weighted by Gasteiger charge is 2.27. The van der Waals surface area contributed by atoms with E-state index in [4.69, 9.17) is 9.15 Å². The number of ether oxygens (including phenoxy) is 1. The molecule has 4 nitrogen and oxygen atoms in total. The number of carbonyl (C=O) groups excluding carboxylic acids is 1. The Kier molecular flexibility index (Phi) is 1.89. The van der Waals surface area contributed by atoms with Gasteiger partial charge in [0.2, 0.25) is 5.76 Å². The van der Waals surface area contributed by atoms with Crippen LogP contribution >= 0.6 is 0 Å². The number of allylic oxidation sites excluding steroid dienone is 1. The second kappa shape index (κ2) is 3.06. The average molecular weight is 192 g/mol. The third-order valence-electron chi connectivity index (χ3n) is 1.85. The van der Waals surface area contributed by atoms with Crippen LogP contribution in [0.15, 0.2) is 40.1 Å². The fourth-order valence-corrected chi connectivity index (χ4v) is 1.13. The van der Waals surface area contributed by atoms with Crippen LogP contribution in [0.2, 0.25) is 0 Å². The molecule has 0 radical (unpaired) electrons.